The number of nitrogens with zero attached hydrogens (tertiary/aromatic N) is 2. The fourth-order valence-corrected chi connectivity index (χ4v) is 3.87. The van der Waals surface area contributed by atoms with Crippen molar-refractivity contribution in [2.45, 2.75) is 51.6 Å². The molecule has 0 saturated heterocycles. The molecule has 0 unspecified atom stereocenters. The zero-order valence-corrected chi connectivity index (χ0v) is 17.7. The molecular weight excluding hydrogens is 419 g/mol. The summed E-state index contributed by atoms with van der Waals surface area (Å²) in [5.41, 5.74) is 0. The minimum atomic E-state index is 0. The van der Waals surface area contributed by atoms with Crippen molar-refractivity contribution in [2.75, 3.05) is 27.2 Å². The molecule has 2 N–H and O–H groups in total. The molecule has 1 aromatic heterocycles. The summed E-state index contributed by atoms with van der Waals surface area (Å²) in [6.07, 6.45) is 6.63. The molecule has 0 aliphatic heterocycles. The summed E-state index contributed by atoms with van der Waals surface area (Å²) in [7, 11) is 4.08. The highest BCUT2D eigenvalue weighted by Crippen LogP contribution is 2.21. The molecule has 4 nitrogen and oxygen atoms in total. The average Bonchev–Trinajstić information content (AvgIpc) is 3.21. The SMILES string of the molecule is CCc1ccc(CNC(=NC)NCCN(C)C2CCCC2)s1.I. The average molecular weight is 450 g/mol. The van der Waals surface area contributed by atoms with Gasteiger partial charge >= 0.3 is 0 Å². The molecule has 1 aliphatic rings. The summed E-state index contributed by atoms with van der Waals surface area (Å²) in [4.78, 5) is 9.60. The molecule has 0 spiro atoms. The van der Waals surface area contributed by atoms with Gasteiger partial charge in [0.25, 0.3) is 0 Å². The largest absolute Gasteiger partial charge is 0.355 e. The lowest BCUT2D eigenvalue weighted by Crippen LogP contribution is -2.42. The van der Waals surface area contributed by atoms with Gasteiger partial charge in [0.05, 0.1) is 6.54 Å². The van der Waals surface area contributed by atoms with Gasteiger partial charge in [-0.05, 0) is 38.4 Å². The molecule has 0 bridgehead atoms. The molecule has 1 aromatic rings. The molecule has 0 amide bonds. The van der Waals surface area contributed by atoms with Gasteiger partial charge in [0.1, 0.15) is 0 Å². The molecule has 1 saturated carbocycles. The van der Waals surface area contributed by atoms with E-state index in [4.69, 9.17) is 0 Å². The number of nitrogens with one attached hydrogen (secondary N) is 2. The van der Waals surface area contributed by atoms with Gasteiger partial charge in [-0.2, -0.15) is 0 Å². The van der Waals surface area contributed by atoms with Crippen molar-refractivity contribution in [1.82, 2.24) is 15.5 Å². The van der Waals surface area contributed by atoms with E-state index in [1.165, 1.54) is 35.4 Å². The Kier molecular flexibility index (Phi) is 10.1. The Morgan fingerprint density at radius 1 is 1.26 bits per heavy atom. The van der Waals surface area contributed by atoms with E-state index in [-0.39, 0.29) is 24.0 Å². The lowest BCUT2D eigenvalue weighted by molar-refractivity contribution is 0.249. The number of halogens is 1. The van der Waals surface area contributed by atoms with E-state index in [9.17, 15) is 0 Å². The van der Waals surface area contributed by atoms with Crippen molar-refractivity contribution in [2.24, 2.45) is 4.99 Å². The summed E-state index contributed by atoms with van der Waals surface area (Å²) >= 11 is 1.88. The standard InChI is InChI=1S/C17H30N4S.HI/c1-4-15-9-10-16(22-15)13-20-17(18-2)19-11-12-21(3)14-7-5-6-8-14;/h9-10,14H,4-8,11-13H2,1-3H3,(H2,18,19,20);1H. The number of hydrogen-bond donors (Lipinski definition) is 2. The van der Waals surface area contributed by atoms with Crippen LogP contribution in [0.3, 0.4) is 0 Å². The first-order chi connectivity index (χ1) is 10.7. The van der Waals surface area contributed by atoms with Gasteiger partial charge in [0.15, 0.2) is 5.96 Å². The molecule has 0 aromatic carbocycles. The summed E-state index contributed by atoms with van der Waals surface area (Å²) < 4.78 is 0. The highest BCUT2D eigenvalue weighted by atomic mass is 127. The van der Waals surface area contributed by atoms with Crippen molar-refractivity contribution in [3.05, 3.63) is 21.9 Å². The van der Waals surface area contributed by atoms with E-state index >= 15 is 0 Å². The maximum absolute atomic E-state index is 4.30. The van der Waals surface area contributed by atoms with Crippen LogP contribution in [0.2, 0.25) is 0 Å². The van der Waals surface area contributed by atoms with Crippen molar-refractivity contribution in [1.29, 1.82) is 0 Å². The third-order valence-electron chi connectivity index (χ3n) is 4.42. The van der Waals surface area contributed by atoms with E-state index < -0.39 is 0 Å². The van der Waals surface area contributed by atoms with Crippen LogP contribution in [0.4, 0.5) is 0 Å². The van der Waals surface area contributed by atoms with Crippen molar-refractivity contribution < 1.29 is 0 Å². The maximum Gasteiger partial charge on any atom is 0.191 e. The first-order valence-electron chi connectivity index (χ1n) is 8.45. The number of thiophene rings is 1. The van der Waals surface area contributed by atoms with Gasteiger partial charge in [0, 0.05) is 35.9 Å². The van der Waals surface area contributed by atoms with Gasteiger partial charge in [-0.1, -0.05) is 19.8 Å². The van der Waals surface area contributed by atoms with Crippen molar-refractivity contribution in [3.8, 4) is 0 Å². The Hall–Kier alpha value is -0.340. The lowest BCUT2D eigenvalue weighted by Gasteiger charge is -2.24. The predicted molar refractivity (Wildman–Crippen MR) is 112 cm³/mol. The van der Waals surface area contributed by atoms with Crippen LogP contribution in [0.5, 0.6) is 0 Å². The summed E-state index contributed by atoms with van der Waals surface area (Å²) in [5, 5.41) is 6.81. The number of hydrogen-bond acceptors (Lipinski definition) is 3. The van der Waals surface area contributed by atoms with Gasteiger partial charge in [-0.3, -0.25) is 4.99 Å². The number of aryl methyl sites for hydroxylation is 1. The Morgan fingerprint density at radius 3 is 2.57 bits per heavy atom. The molecular formula is C17H31IN4S. The summed E-state index contributed by atoms with van der Waals surface area (Å²) in [6.45, 7) is 5.06. The third kappa shape index (κ3) is 6.97. The molecule has 1 heterocycles. The highest BCUT2D eigenvalue weighted by molar-refractivity contribution is 14.0. The van der Waals surface area contributed by atoms with E-state index in [0.717, 1.165) is 38.1 Å². The highest BCUT2D eigenvalue weighted by Gasteiger charge is 2.18. The van der Waals surface area contributed by atoms with Gasteiger partial charge in [-0.25, -0.2) is 0 Å². The van der Waals surface area contributed by atoms with Crippen LogP contribution in [0.25, 0.3) is 0 Å². The van der Waals surface area contributed by atoms with Crippen molar-refractivity contribution >= 4 is 41.3 Å². The molecule has 0 radical (unpaired) electrons. The Morgan fingerprint density at radius 2 is 1.96 bits per heavy atom. The zero-order valence-electron chi connectivity index (χ0n) is 14.6. The Balaban J connectivity index is 0.00000264. The molecule has 0 atom stereocenters. The maximum atomic E-state index is 4.30. The van der Waals surface area contributed by atoms with Gasteiger partial charge in [0.2, 0.25) is 0 Å². The topological polar surface area (TPSA) is 39.7 Å². The van der Waals surface area contributed by atoms with E-state index in [2.05, 4.69) is 46.6 Å². The molecule has 23 heavy (non-hydrogen) atoms. The van der Waals surface area contributed by atoms with Crippen LogP contribution >= 0.6 is 35.3 Å². The van der Waals surface area contributed by atoms with Gasteiger partial charge in [-0.15, -0.1) is 35.3 Å². The number of rotatable bonds is 7. The van der Waals surface area contributed by atoms with E-state index in [1.807, 2.05) is 18.4 Å². The second-order valence-electron chi connectivity index (χ2n) is 5.99. The van der Waals surface area contributed by atoms with Crippen LogP contribution in [-0.2, 0) is 13.0 Å². The van der Waals surface area contributed by atoms with Crippen LogP contribution in [0, 0.1) is 0 Å². The second-order valence-corrected chi connectivity index (χ2v) is 7.25. The second kappa shape index (κ2) is 11.3. The lowest BCUT2D eigenvalue weighted by atomic mass is 10.2. The first-order valence-corrected chi connectivity index (χ1v) is 9.27. The van der Waals surface area contributed by atoms with Crippen LogP contribution < -0.4 is 10.6 Å². The number of guanidine groups is 1. The first kappa shape index (κ1) is 20.7. The fourth-order valence-electron chi connectivity index (χ4n) is 2.98. The zero-order chi connectivity index (χ0) is 15.8. The normalized spacial score (nSPS) is 15.7. The van der Waals surface area contributed by atoms with Crippen LogP contribution in [0.15, 0.2) is 17.1 Å². The summed E-state index contributed by atoms with van der Waals surface area (Å²) in [5.74, 6) is 0.895. The minimum Gasteiger partial charge on any atom is -0.355 e. The molecule has 1 fully saturated rings. The Bertz CT molecular complexity index is 469. The van der Waals surface area contributed by atoms with Crippen LogP contribution in [-0.4, -0.2) is 44.1 Å². The Labute approximate surface area is 162 Å². The fraction of sp³-hybridized carbons (Fsp3) is 0.706. The molecule has 6 heteroatoms. The third-order valence-corrected chi connectivity index (χ3v) is 5.65. The number of aliphatic imine (C=N–C) groups is 1. The summed E-state index contributed by atoms with van der Waals surface area (Å²) in [6, 6.07) is 5.21. The number of likely N-dealkylation sites (N-methyl/N-ethyl adjacent to an activating group) is 1. The molecule has 2 rings (SSSR count). The minimum absolute atomic E-state index is 0. The predicted octanol–water partition coefficient (Wildman–Crippen LogP) is 3.47. The van der Waals surface area contributed by atoms with E-state index in [0.29, 0.717) is 0 Å². The van der Waals surface area contributed by atoms with E-state index in [1.54, 1.807) is 0 Å². The van der Waals surface area contributed by atoms with Gasteiger partial charge < -0.3 is 15.5 Å². The van der Waals surface area contributed by atoms with Crippen LogP contribution in [0.1, 0.15) is 42.4 Å². The molecule has 1 aliphatic carbocycles. The smallest absolute Gasteiger partial charge is 0.191 e. The quantitative estimate of drug-likeness (QED) is 0.380. The monoisotopic (exact) mass is 450 g/mol. The van der Waals surface area contributed by atoms with Crippen molar-refractivity contribution in [3.63, 3.8) is 0 Å². The molecule has 132 valence electrons.